The van der Waals surface area contributed by atoms with Gasteiger partial charge in [-0.25, -0.2) is 0 Å². The molecule has 2 rings (SSSR count). The minimum atomic E-state index is 0.289. The first-order valence-electron chi connectivity index (χ1n) is 7.32. The van der Waals surface area contributed by atoms with Crippen LogP contribution in [-0.4, -0.2) is 11.5 Å². The lowest BCUT2D eigenvalue weighted by Gasteiger charge is -2.19. The molecule has 3 heteroatoms. The maximum absolute atomic E-state index is 5.79. The maximum atomic E-state index is 5.79. The zero-order valence-corrected chi connectivity index (χ0v) is 12.9. The van der Waals surface area contributed by atoms with Crippen molar-refractivity contribution in [2.75, 3.05) is 6.54 Å². The van der Waals surface area contributed by atoms with Crippen molar-refractivity contribution in [3.63, 3.8) is 0 Å². The first-order chi connectivity index (χ1) is 9.63. The van der Waals surface area contributed by atoms with Crippen molar-refractivity contribution in [2.45, 2.75) is 46.6 Å². The SMILES string of the molecule is CCCNC(Cc1cccnc1)c1c(C)oc(C)c1C. The highest BCUT2D eigenvalue weighted by Gasteiger charge is 2.20. The molecule has 0 spiro atoms. The van der Waals surface area contributed by atoms with E-state index in [2.05, 4.69) is 37.1 Å². The van der Waals surface area contributed by atoms with Gasteiger partial charge in [0.2, 0.25) is 0 Å². The summed E-state index contributed by atoms with van der Waals surface area (Å²) in [6.07, 6.45) is 5.82. The van der Waals surface area contributed by atoms with E-state index in [1.54, 1.807) is 0 Å². The van der Waals surface area contributed by atoms with Gasteiger partial charge in [0, 0.05) is 24.0 Å². The third-order valence-corrected chi connectivity index (χ3v) is 3.77. The summed E-state index contributed by atoms with van der Waals surface area (Å²) in [7, 11) is 0. The van der Waals surface area contributed by atoms with Crippen molar-refractivity contribution in [1.82, 2.24) is 10.3 Å². The molecule has 0 aliphatic rings. The topological polar surface area (TPSA) is 38.1 Å². The highest BCUT2D eigenvalue weighted by atomic mass is 16.3. The predicted molar refractivity (Wildman–Crippen MR) is 81.9 cm³/mol. The van der Waals surface area contributed by atoms with Crippen molar-refractivity contribution < 1.29 is 4.42 Å². The first-order valence-corrected chi connectivity index (χ1v) is 7.32. The fourth-order valence-electron chi connectivity index (χ4n) is 2.67. The van der Waals surface area contributed by atoms with Crippen LogP contribution in [0.3, 0.4) is 0 Å². The second-order valence-corrected chi connectivity index (χ2v) is 5.33. The van der Waals surface area contributed by atoms with Gasteiger partial charge < -0.3 is 9.73 Å². The van der Waals surface area contributed by atoms with Crippen molar-refractivity contribution in [2.24, 2.45) is 0 Å². The van der Waals surface area contributed by atoms with E-state index in [1.807, 2.05) is 25.4 Å². The average Bonchev–Trinajstić information content (AvgIpc) is 2.70. The van der Waals surface area contributed by atoms with E-state index < -0.39 is 0 Å². The molecule has 2 aromatic heterocycles. The molecule has 1 N–H and O–H groups in total. The third-order valence-electron chi connectivity index (χ3n) is 3.77. The van der Waals surface area contributed by atoms with Crippen LogP contribution in [0.5, 0.6) is 0 Å². The van der Waals surface area contributed by atoms with Crippen molar-refractivity contribution >= 4 is 0 Å². The number of aryl methyl sites for hydroxylation is 2. The van der Waals surface area contributed by atoms with Gasteiger partial charge in [-0.3, -0.25) is 4.98 Å². The number of nitrogens with zero attached hydrogens (tertiary/aromatic N) is 1. The Bertz CT molecular complexity index is 546. The Hall–Kier alpha value is -1.61. The Morgan fingerprint density at radius 2 is 2.05 bits per heavy atom. The normalized spacial score (nSPS) is 12.6. The number of rotatable bonds is 6. The third kappa shape index (κ3) is 3.28. The van der Waals surface area contributed by atoms with E-state index in [9.17, 15) is 0 Å². The Morgan fingerprint density at radius 3 is 2.60 bits per heavy atom. The van der Waals surface area contributed by atoms with Crippen LogP contribution in [0.1, 0.15) is 47.6 Å². The highest BCUT2D eigenvalue weighted by molar-refractivity contribution is 5.35. The van der Waals surface area contributed by atoms with Crippen LogP contribution in [0.2, 0.25) is 0 Å². The number of aromatic nitrogens is 1. The molecule has 0 aliphatic carbocycles. The summed E-state index contributed by atoms with van der Waals surface area (Å²) in [5.74, 6) is 2.05. The number of hydrogen-bond acceptors (Lipinski definition) is 3. The van der Waals surface area contributed by atoms with Crippen molar-refractivity contribution in [3.8, 4) is 0 Å². The van der Waals surface area contributed by atoms with E-state index >= 15 is 0 Å². The van der Waals surface area contributed by atoms with Crippen molar-refractivity contribution in [3.05, 3.63) is 52.7 Å². The van der Waals surface area contributed by atoms with Crippen LogP contribution >= 0.6 is 0 Å². The molecule has 0 saturated heterocycles. The number of pyridine rings is 1. The summed E-state index contributed by atoms with van der Waals surface area (Å²) in [5.41, 5.74) is 3.82. The zero-order chi connectivity index (χ0) is 14.5. The molecular weight excluding hydrogens is 248 g/mol. The molecule has 20 heavy (non-hydrogen) atoms. The van der Waals surface area contributed by atoms with Gasteiger partial charge in [-0.15, -0.1) is 0 Å². The number of nitrogens with one attached hydrogen (secondary N) is 1. The molecule has 0 fully saturated rings. The second kappa shape index (κ2) is 6.71. The first kappa shape index (κ1) is 14.8. The smallest absolute Gasteiger partial charge is 0.106 e. The van der Waals surface area contributed by atoms with Gasteiger partial charge in [-0.1, -0.05) is 13.0 Å². The van der Waals surface area contributed by atoms with Crippen LogP contribution in [0.25, 0.3) is 0 Å². The Morgan fingerprint density at radius 1 is 1.25 bits per heavy atom. The maximum Gasteiger partial charge on any atom is 0.106 e. The molecule has 0 aliphatic heterocycles. The average molecular weight is 272 g/mol. The highest BCUT2D eigenvalue weighted by Crippen LogP contribution is 2.29. The summed E-state index contributed by atoms with van der Waals surface area (Å²) < 4.78 is 5.79. The molecule has 1 unspecified atom stereocenters. The van der Waals surface area contributed by atoms with E-state index in [-0.39, 0.29) is 6.04 Å². The summed E-state index contributed by atoms with van der Waals surface area (Å²) in [6, 6.07) is 4.41. The van der Waals surface area contributed by atoms with Crippen LogP contribution in [0.15, 0.2) is 28.9 Å². The molecular formula is C17H24N2O. The van der Waals surface area contributed by atoms with Crippen LogP contribution in [0.4, 0.5) is 0 Å². The van der Waals surface area contributed by atoms with Gasteiger partial charge in [-0.05, 0) is 57.4 Å². The van der Waals surface area contributed by atoms with Crippen molar-refractivity contribution in [1.29, 1.82) is 0 Å². The van der Waals surface area contributed by atoms with Gasteiger partial charge in [0.25, 0.3) is 0 Å². The molecule has 108 valence electrons. The fraction of sp³-hybridized carbons (Fsp3) is 0.471. The fourth-order valence-corrected chi connectivity index (χ4v) is 2.67. The summed E-state index contributed by atoms with van der Waals surface area (Å²) >= 11 is 0. The molecule has 0 radical (unpaired) electrons. The molecule has 3 nitrogen and oxygen atoms in total. The second-order valence-electron chi connectivity index (χ2n) is 5.33. The van der Waals surface area contributed by atoms with Gasteiger partial charge in [0.05, 0.1) is 0 Å². The van der Waals surface area contributed by atoms with E-state index in [4.69, 9.17) is 4.42 Å². The molecule has 0 aromatic carbocycles. The minimum Gasteiger partial charge on any atom is -0.466 e. The van der Waals surface area contributed by atoms with E-state index in [0.29, 0.717) is 0 Å². The standard InChI is InChI=1S/C17H24N2O/c1-5-8-19-16(10-15-7-6-9-18-11-15)17-12(2)13(3)20-14(17)4/h6-7,9,11,16,19H,5,8,10H2,1-4H3. The monoisotopic (exact) mass is 272 g/mol. The molecule has 2 heterocycles. The molecule has 0 saturated carbocycles. The lowest BCUT2D eigenvalue weighted by molar-refractivity contribution is 0.480. The summed E-state index contributed by atoms with van der Waals surface area (Å²) in [5, 5.41) is 3.64. The Kier molecular flexibility index (Phi) is 4.96. The molecule has 0 bridgehead atoms. The minimum absolute atomic E-state index is 0.289. The lowest BCUT2D eigenvalue weighted by atomic mass is 9.96. The lowest BCUT2D eigenvalue weighted by Crippen LogP contribution is -2.25. The zero-order valence-electron chi connectivity index (χ0n) is 12.9. The number of furan rings is 1. The predicted octanol–water partition coefficient (Wildman–Crippen LogP) is 3.88. The largest absolute Gasteiger partial charge is 0.466 e. The summed E-state index contributed by atoms with van der Waals surface area (Å²) in [4.78, 5) is 4.21. The van der Waals surface area contributed by atoms with Crippen LogP contribution in [0, 0.1) is 20.8 Å². The summed E-state index contributed by atoms with van der Waals surface area (Å²) in [6.45, 7) is 9.43. The van der Waals surface area contributed by atoms with Gasteiger partial charge in [-0.2, -0.15) is 0 Å². The van der Waals surface area contributed by atoms with Gasteiger partial charge >= 0.3 is 0 Å². The quantitative estimate of drug-likeness (QED) is 0.867. The van der Waals surface area contributed by atoms with Crippen LogP contribution in [-0.2, 0) is 6.42 Å². The Labute approximate surface area is 121 Å². The van der Waals surface area contributed by atoms with Gasteiger partial charge in [0.1, 0.15) is 11.5 Å². The van der Waals surface area contributed by atoms with E-state index in [1.165, 1.54) is 16.7 Å². The Balaban J connectivity index is 2.27. The number of hydrogen-bond donors (Lipinski definition) is 1. The molecule has 2 aromatic rings. The molecule has 0 amide bonds. The molecule has 1 atom stereocenters. The van der Waals surface area contributed by atoms with Crippen LogP contribution < -0.4 is 5.32 Å². The van der Waals surface area contributed by atoms with Gasteiger partial charge in [0.15, 0.2) is 0 Å². The van der Waals surface area contributed by atoms with E-state index in [0.717, 1.165) is 30.9 Å².